The van der Waals surface area contributed by atoms with Crippen molar-refractivity contribution in [2.75, 3.05) is 19.7 Å². The van der Waals surface area contributed by atoms with Crippen LogP contribution in [0.1, 0.15) is 6.92 Å². The maximum Gasteiger partial charge on any atom is 0.136 e. The van der Waals surface area contributed by atoms with Gasteiger partial charge in [-0.1, -0.05) is 0 Å². The number of nitrogens with one attached hydrogen (secondary N) is 1. The van der Waals surface area contributed by atoms with Crippen molar-refractivity contribution in [2.24, 2.45) is 0 Å². The third kappa shape index (κ3) is 2.28. The summed E-state index contributed by atoms with van der Waals surface area (Å²) in [6.07, 6.45) is -0.666. The molecule has 0 amide bonds. The van der Waals surface area contributed by atoms with E-state index in [-0.39, 0.29) is 12.7 Å². The van der Waals surface area contributed by atoms with Gasteiger partial charge < -0.3 is 10.1 Å². The molecule has 1 saturated heterocycles. The number of halogens is 1. The zero-order valence-corrected chi connectivity index (χ0v) is 5.56. The molecular formula is C6H12FNO. The van der Waals surface area contributed by atoms with Gasteiger partial charge in [0.1, 0.15) is 6.17 Å². The molecule has 0 spiro atoms. The van der Waals surface area contributed by atoms with Gasteiger partial charge in [-0.25, -0.2) is 4.39 Å². The summed E-state index contributed by atoms with van der Waals surface area (Å²) in [5, 5.41) is 2.95. The second-order valence-electron chi connectivity index (χ2n) is 2.40. The van der Waals surface area contributed by atoms with Gasteiger partial charge in [-0.2, -0.15) is 0 Å². The van der Waals surface area contributed by atoms with Crippen LogP contribution in [0.4, 0.5) is 4.39 Å². The van der Waals surface area contributed by atoms with E-state index in [0.29, 0.717) is 6.54 Å². The quantitative estimate of drug-likeness (QED) is 0.514. The first-order chi connectivity index (χ1) is 4.29. The van der Waals surface area contributed by atoms with Crippen LogP contribution in [0.15, 0.2) is 0 Å². The first-order valence-corrected chi connectivity index (χ1v) is 3.25. The van der Waals surface area contributed by atoms with E-state index in [1.165, 1.54) is 0 Å². The lowest BCUT2D eigenvalue weighted by atomic mass is 10.4. The Morgan fingerprint density at radius 1 is 1.56 bits per heavy atom. The molecule has 9 heavy (non-hydrogen) atoms. The van der Waals surface area contributed by atoms with Crippen LogP contribution >= 0.6 is 0 Å². The third-order valence-corrected chi connectivity index (χ3v) is 1.36. The first-order valence-electron chi connectivity index (χ1n) is 3.25. The highest BCUT2D eigenvalue weighted by atomic mass is 19.1. The Labute approximate surface area is 54.4 Å². The summed E-state index contributed by atoms with van der Waals surface area (Å²) in [5.41, 5.74) is 0. The van der Waals surface area contributed by atoms with E-state index < -0.39 is 6.17 Å². The van der Waals surface area contributed by atoms with Crippen molar-refractivity contribution in [3.8, 4) is 0 Å². The fourth-order valence-electron chi connectivity index (χ4n) is 0.830. The normalized spacial score (nSPS) is 38.0. The van der Waals surface area contributed by atoms with Gasteiger partial charge in [0.05, 0.1) is 12.7 Å². The second kappa shape index (κ2) is 3.13. The number of hydrogen-bond donors (Lipinski definition) is 1. The minimum absolute atomic E-state index is 0.158. The van der Waals surface area contributed by atoms with Gasteiger partial charge in [-0.15, -0.1) is 0 Å². The van der Waals surface area contributed by atoms with Crippen LogP contribution in [0.2, 0.25) is 0 Å². The average molecular weight is 133 g/mol. The van der Waals surface area contributed by atoms with Crippen LogP contribution in [-0.2, 0) is 4.74 Å². The Hall–Kier alpha value is -0.150. The Morgan fingerprint density at radius 2 is 2.33 bits per heavy atom. The molecule has 1 aliphatic heterocycles. The minimum atomic E-state index is -0.824. The monoisotopic (exact) mass is 133 g/mol. The van der Waals surface area contributed by atoms with Crippen LogP contribution in [0.5, 0.6) is 0 Å². The fourth-order valence-corrected chi connectivity index (χ4v) is 0.830. The summed E-state index contributed by atoms with van der Waals surface area (Å²) >= 11 is 0. The zero-order valence-electron chi connectivity index (χ0n) is 5.56. The molecule has 1 unspecified atom stereocenters. The van der Waals surface area contributed by atoms with Crippen molar-refractivity contribution in [1.29, 1.82) is 0 Å². The lowest BCUT2D eigenvalue weighted by Gasteiger charge is -2.06. The summed E-state index contributed by atoms with van der Waals surface area (Å²) in [6.45, 7) is 3.38. The van der Waals surface area contributed by atoms with Gasteiger partial charge in [0.2, 0.25) is 0 Å². The van der Waals surface area contributed by atoms with E-state index in [1.807, 2.05) is 6.92 Å². The van der Waals surface area contributed by atoms with Crippen molar-refractivity contribution < 1.29 is 9.13 Å². The van der Waals surface area contributed by atoms with Gasteiger partial charge in [-0.05, 0) is 6.92 Å². The summed E-state index contributed by atoms with van der Waals surface area (Å²) < 4.78 is 17.5. The highest BCUT2D eigenvalue weighted by Crippen LogP contribution is 1.99. The van der Waals surface area contributed by atoms with E-state index in [2.05, 4.69) is 5.32 Å². The number of alkyl halides is 1. The second-order valence-corrected chi connectivity index (χ2v) is 2.40. The summed E-state index contributed by atoms with van der Waals surface area (Å²) in [5.74, 6) is 0. The molecule has 1 fully saturated rings. The average Bonchev–Trinajstić information content (AvgIpc) is 1.97. The highest BCUT2D eigenvalue weighted by molar-refractivity contribution is 4.66. The Balaban J connectivity index is 2.25. The number of rotatable bonds is 0. The van der Waals surface area contributed by atoms with E-state index in [4.69, 9.17) is 4.74 Å². The minimum Gasteiger partial charge on any atom is -0.374 e. The van der Waals surface area contributed by atoms with Crippen LogP contribution in [-0.4, -0.2) is 32.0 Å². The summed E-state index contributed by atoms with van der Waals surface area (Å²) in [7, 11) is 0. The van der Waals surface area contributed by atoms with Gasteiger partial charge >= 0.3 is 0 Å². The van der Waals surface area contributed by atoms with E-state index in [9.17, 15) is 4.39 Å². The SMILES string of the molecule is CC1CNC[C@H](F)CO1. The lowest BCUT2D eigenvalue weighted by Crippen LogP contribution is -2.25. The van der Waals surface area contributed by atoms with Crippen LogP contribution in [0, 0.1) is 0 Å². The van der Waals surface area contributed by atoms with Crippen molar-refractivity contribution in [2.45, 2.75) is 19.2 Å². The summed E-state index contributed by atoms with van der Waals surface area (Å²) in [6, 6.07) is 0. The molecule has 1 heterocycles. The molecule has 0 aromatic carbocycles. The molecule has 0 aromatic rings. The third-order valence-electron chi connectivity index (χ3n) is 1.36. The van der Waals surface area contributed by atoms with Crippen molar-refractivity contribution in [3.63, 3.8) is 0 Å². The van der Waals surface area contributed by atoms with Crippen LogP contribution in [0.3, 0.4) is 0 Å². The molecule has 0 saturated carbocycles. The topological polar surface area (TPSA) is 21.3 Å². The maximum atomic E-state index is 12.4. The van der Waals surface area contributed by atoms with Gasteiger partial charge in [0.15, 0.2) is 0 Å². The Morgan fingerprint density at radius 3 is 3.11 bits per heavy atom. The van der Waals surface area contributed by atoms with Crippen LogP contribution in [0.25, 0.3) is 0 Å². The molecule has 0 aliphatic carbocycles. The molecule has 2 nitrogen and oxygen atoms in total. The molecule has 1 rings (SSSR count). The largest absolute Gasteiger partial charge is 0.374 e. The van der Waals surface area contributed by atoms with Gasteiger partial charge in [0, 0.05) is 13.1 Å². The van der Waals surface area contributed by atoms with Crippen molar-refractivity contribution in [3.05, 3.63) is 0 Å². The van der Waals surface area contributed by atoms with Gasteiger partial charge in [-0.3, -0.25) is 0 Å². The molecule has 0 aromatic heterocycles. The van der Waals surface area contributed by atoms with E-state index in [1.54, 1.807) is 0 Å². The molecule has 54 valence electrons. The van der Waals surface area contributed by atoms with E-state index >= 15 is 0 Å². The number of ether oxygens (including phenoxy) is 1. The molecule has 3 heteroatoms. The standard InChI is InChI=1S/C6H12FNO/c1-5-2-8-3-6(7)4-9-5/h5-6,8H,2-4H2,1H3/t5?,6-/m0/s1. The Kier molecular flexibility index (Phi) is 2.42. The first kappa shape index (κ1) is 6.96. The van der Waals surface area contributed by atoms with Gasteiger partial charge in [0.25, 0.3) is 0 Å². The van der Waals surface area contributed by atoms with E-state index in [0.717, 1.165) is 6.54 Å². The molecule has 1 aliphatic rings. The fraction of sp³-hybridized carbons (Fsp3) is 1.00. The van der Waals surface area contributed by atoms with Crippen LogP contribution < -0.4 is 5.32 Å². The molecule has 0 radical (unpaired) electrons. The highest BCUT2D eigenvalue weighted by Gasteiger charge is 2.13. The summed E-state index contributed by atoms with van der Waals surface area (Å²) in [4.78, 5) is 0. The Bertz CT molecular complexity index is 79.1. The smallest absolute Gasteiger partial charge is 0.136 e. The van der Waals surface area contributed by atoms with Crippen molar-refractivity contribution >= 4 is 0 Å². The number of hydrogen-bond acceptors (Lipinski definition) is 2. The molecule has 0 bridgehead atoms. The zero-order chi connectivity index (χ0) is 6.69. The molecular weight excluding hydrogens is 121 g/mol. The predicted octanol–water partition coefficient (Wildman–Crippen LogP) is 0.333. The lowest BCUT2D eigenvalue weighted by molar-refractivity contribution is 0.0505. The maximum absolute atomic E-state index is 12.4. The molecule has 2 atom stereocenters. The predicted molar refractivity (Wildman–Crippen MR) is 33.2 cm³/mol. The van der Waals surface area contributed by atoms with Crippen molar-refractivity contribution in [1.82, 2.24) is 5.32 Å². The molecule has 1 N–H and O–H groups in total.